The number of carboxylic acids is 1. The van der Waals surface area contributed by atoms with Crippen LogP contribution in [0.2, 0.25) is 0 Å². The smallest absolute Gasteiger partial charge is 0.309 e. The summed E-state index contributed by atoms with van der Waals surface area (Å²) in [6.07, 6.45) is 4.37. The van der Waals surface area contributed by atoms with Crippen LogP contribution in [0.3, 0.4) is 0 Å². The molecule has 1 rings (SSSR count). The molecule has 1 saturated carbocycles. The van der Waals surface area contributed by atoms with Gasteiger partial charge in [-0.2, -0.15) is 0 Å². The summed E-state index contributed by atoms with van der Waals surface area (Å²) >= 11 is 0. The van der Waals surface area contributed by atoms with E-state index >= 15 is 0 Å². The third-order valence-corrected chi connectivity index (χ3v) is 4.01. The molecule has 92 valence electrons. The van der Waals surface area contributed by atoms with E-state index in [-0.39, 0.29) is 17.6 Å². The standard InChI is InChI=1S/C13H22O3/c1-4-11(14)9-7-5-6-8-10(9)13(2,3)12(15)16/h9-10H,4-8H2,1-3H3,(H,15,16)/t9-,10+/m1/s1. The molecular weight excluding hydrogens is 204 g/mol. The van der Waals surface area contributed by atoms with E-state index in [1.807, 2.05) is 6.92 Å². The fraction of sp³-hybridized carbons (Fsp3) is 0.846. The van der Waals surface area contributed by atoms with Crippen LogP contribution in [0.25, 0.3) is 0 Å². The molecule has 0 saturated heterocycles. The Kier molecular flexibility index (Phi) is 4.11. The molecule has 0 radical (unpaired) electrons. The highest BCUT2D eigenvalue weighted by Gasteiger charge is 2.44. The number of carbonyl (C=O) groups is 2. The van der Waals surface area contributed by atoms with Gasteiger partial charge in [-0.3, -0.25) is 9.59 Å². The first-order chi connectivity index (χ1) is 7.41. The quantitative estimate of drug-likeness (QED) is 0.802. The van der Waals surface area contributed by atoms with Crippen LogP contribution in [0, 0.1) is 17.3 Å². The van der Waals surface area contributed by atoms with Crippen molar-refractivity contribution >= 4 is 11.8 Å². The Bertz CT molecular complexity index is 281. The number of hydrogen-bond donors (Lipinski definition) is 1. The van der Waals surface area contributed by atoms with Crippen LogP contribution in [-0.2, 0) is 9.59 Å². The van der Waals surface area contributed by atoms with Crippen molar-refractivity contribution < 1.29 is 14.7 Å². The Morgan fingerprint density at radius 2 is 1.81 bits per heavy atom. The first-order valence-corrected chi connectivity index (χ1v) is 6.17. The highest BCUT2D eigenvalue weighted by Crippen LogP contribution is 2.43. The second-order valence-corrected chi connectivity index (χ2v) is 5.34. The maximum atomic E-state index is 11.9. The number of rotatable bonds is 4. The third-order valence-electron chi connectivity index (χ3n) is 4.01. The molecule has 0 unspecified atom stereocenters. The van der Waals surface area contributed by atoms with E-state index in [0.717, 1.165) is 25.7 Å². The van der Waals surface area contributed by atoms with Gasteiger partial charge in [-0.25, -0.2) is 0 Å². The zero-order valence-corrected chi connectivity index (χ0v) is 10.5. The minimum absolute atomic E-state index is 0.00574. The van der Waals surface area contributed by atoms with Crippen molar-refractivity contribution in [3.63, 3.8) is 0 Å². The van der Waals surface area contributed by atoms with Gasteiger partial charge in [0.05, 0.1) is 5.41 Å². The highest BCUT2D eigenvalue weighted by molar-refractivity contribution is 5.83. The van der Waals surface area contributed by atoms with E-state index in [9.17, 15) is 14.7 Å². The van der Waals surface area contributed by atoms with E-state index in [4.69, 9.17) is 0 Å². The fourth-order valence-corrected chi connectivity index (χ4v) is 2.80. The highest BCUT2D eigenvalue weighted by atomic mass is 16.4. The first kappa shape index (κ1) is 13.2. The number of hydrogen-bond acceptors (Lipinski definition) is 2. The molecule has 0 aliphatic heterocycles. The summed E-state index contributed by atoms with van der Waals surface area (Å²) < 4.78 is 0. The zero-order valence-electron chi connectivity index (χ0n) is 10.5. The summed E-state index contributed by atoms with van der Waals surface area (Å²) in [7, 11) is 0. The van der Waals surface area contributed by atoms with Crippen molar-refractivity contribution in [1.82, 2.24) is 0 Å². The molecule has 0 aromatic rings. The molecule has 0 amide bonds. The van der Waals surface area contributed by atoms with E-state index in [2.05, 4.69) is 0 Å². The van der Waals surface area contributed by atoms with Crippen LogP contribution in [0.1, 0.15) is 52.9 Å². The Morgan fingerprint density at radius 3 is 2.31 bits per heavy atom. The molecule has 1 aliphatic rings. The van der Waals surface area contributed by atoms with Gasteiger partial charge in [-0.05, 0) is 32.6 Å². The summed E-state index contributed by atoms with van der Waals surface area (Å²) in [5.74, 6) is -0.580. The lowest BCUT2D eigenvalue weighted by Crippen LogP contribution is -2.41. The van der Waals surface area contributed by atoms with E-state index < -0.39 is 11.4 Å². The molecule has 0 aromatic heterocycles. The van der Waals surface area contributed by atoms with Gasteiger partial charge < -0.3 is 5.11 Å². The molecular formula is C13H22O3. The van der Waals surface area contributed by atoms with Crippen molar-refractivity contribution in [3.8, 4) is 0 Å². The van der Waals surface area contributed by atoms with Crippen molar-refractivity contribution in [2.24, 2.45) is 17.3 Å². The second-order valence-electron chi connectivity index (χ2n) is 5.34. The third kappa shape index (κ3) is 2.45. The minimum Gasteiger partial charge on any atom is -0.481 e. The summed E-state index contributed by atoms with van der Waals surface area (Å²) in [6, 6.07) is 0. The van der Waals surface area contributed by atoms with Gasteiger partial charge in [0.1, 0.15) is 5.78 Å². The number of ketones is 1. The molecule has 0 bridgehead atoms. The lowest BCUT2D eigenvalue weighted by molar-refractivity contribution is -0.153. The molecule has 16 heavy (non-hydrogen) atoms. The number of carbonyl (C=O) groups excluding carboxylic acids is 1. The van der Waals surface area contributed by atoms with Gasteiger partial charge >= 0.3 is 5.97 Å². The molecule has 0 aromatic carbocycles. The summed E-state index contributed by atoms with van der Waals surface area (Å²) in [6.45, 7) is 5.37. The van der Waals surface area contributed by atoms with Crippen molar-refractivity contribution in [3.05, 3.63) is 0 Å². The lowest BCUT2D eigenvalue weighted by Gasteiger charge is -2.39. The van der Waals surface area contributed by atoms with Gasteiger partial charge in [0.25, 0.3) is 0 Å². The maximum Gasteiger partial charge on any atom is 0.309 e. The minimum atomic E-state index is -0.784. The Morgan fingerprint density at radius 1 is 1.25 bits per heavy atom. The Hall–Kier alpha value is -0.860. The average Bonchev–Trinajstić information content (AvgIpc) is 2.27. The summed E-state index contributed by atoms with van der Waals surface area (Å²) in [5.41, 5.74) is -0.782. The molecule has 3 heteroatoms. The predicted octanol–water partition coefficient (Wildman–Crippen LogP) is 2.88. The predicted molar refractivity (Wildman–Crippen MR) is 62.2 cm³/mol. The first-order valence-electron chi connectivity index (χ1n) is 6.17. The zero-order chi connectivity index (χ0) is 12.3. The van der Waals surface area contributed by atoms with Gasteiger partial charge in [-0.1, -0.05) is 19.8 Å². The van der Waals surface area contributed by atoms with Crippen LogP contribution in [0.15, 0.2) is 0 Å². The van der Waals surface area contributed by atoms with Gasteiger partial charge in [0.2, 0.25) is 0 Å². The monoisotopic (exact) mass is 226 g/mol. The van der Waals surface area contributed by atoms with Crippen molar-refractivity contribution in [2.45, 2.75) is 52.9 Å². The topological polar surface area (TPSA) is 54.4 Å². The van der Waals surface area contributed by atoms with Crippen LogP contribution in [0.5, 0.6) is 0 Å². The summed E-state index contributed by atoms with van der Waals surface area (Å²) in [4.78, 5) is 23.1. The molecule has 1 N–H and O–H groups in total. The summed E-state index contributed by atoms with van der Waals surface area (Å²) in [5, 5.41) is 9.25. The number of aliphatic carboxylic acids is 1. The molecule has 0 heterocycles. The van der Waals surface area contributed by atoms with E-state index in [1.54, 1.807) is 13.8 Å². The SMILES string of the molecule is CCC(=O)[C@@H]1CCCC[C@@H]1C(C)(C)C(=O)O. The van der Waals surface area contributed by atoms with Crippen molar-refractivity contribution in [2.75, 3.05) is 0 Å². The normalized spacial score (nSPS) is 26.4. The lowest BCUT2D eigenvalue weighted by atomic mass is 9.64. The fourth-order valence-electron chi connectivity index (χ4n) is 2.80. The number of Topliss-reactive ketones (excluding diaryl/α,β-unsaturated/α-hetero) is 1. The van der Waals surface area contributed by atoms with Crippen LogP contribution in [-0.4, -0.2) is 16.9 Å². The molecule has 1 aliphatic carbocycles. The second kappa shape index (κ2) is 4.98. The molecule has 3 nitrogen and oxygen atoms in total. The van der Waals surface area contributed by atoms with Gasteiger partial charge in [-0.15, -0.1) is 0 Å². The van der Waals surface area contributed by atoms with E-state index in [1.165, 1.54) is 0 Å². The average molecular weight is 226 g/mol. The van der Waals surface area contributed by atoms with Crippen LogP contribution in [0.4, 0.5) is 0 Å². The van der Waals surface area contributed by atoms with Crippen molar-refractivity contribution in [1.29, 1.82) is 0 Å². The maximum absolute atomic E-state index is 11.9. The van der Waals surface area contributed by atoms with Gasteiger partial charge in [0.15, 0.2) is 0 Å². The Balaban J connectivity index is 2.90. The van der Waals surface area contributed by atoms with Gasteiger partial charge in [0, 0.05) is 12.3 Å². The molecule has 2 atom stereocenters. The molecule has 0 spiro atoms. The largest absolute Gasteiger partial charge is 0.481 e. The molecule has 1 fully saturated rings. The van der Waals surface area contributed by atoms with Crippen LogP contribution < -0.4 is 0 Å². The number of carboxylic acid groups (broad SMARTS) is 1. The van der Waals surface area contributed by atoms with E-state index in [0.29, 0.717) is 6.42 Å². The Labute approximate surface area is 97.2 Å². The van der Waals surface area contributed by atoms with Crippen LogP contribution >= 0.6 is 0 Å².